The number of piperazine rings is 1. The van der Waals surface area contributed by atoms with Gasteiger partial charge in [0.25, 0.3) is 5.91 Å². The summed E-state index contributed by atoms with van der Waals surface area (Å²) in [5.74, 6) is 0.730. The molecule has 9 heteroatoms. The van der Waals surface area contributed by atoms with Gasteiger partial charge in [-0.05, 0) is 35.7 Å². The van der Waals surface area contributed by atoms with Crippen LogP contribution in [0, 0.1) is 0 Å². The monoisotopic (exact) mass is 527 g/mol. The number of aryl methyl sites for hydroxylation is 1. The number of hydrogen-bond acceptors (Lipinski definition) is 7. The Kier molecular flexibility index (Phi) is 7.74. The van der Waals surface area contributed by atoms with E-state index in [1.165, 1.54) is 4.88 Å². The van der Waals surface area contributed by atoms with Gasteiger partial charge in [0.15, 0.2) is 0 Å². The molecule has 0 bridgehead atoms. The second-order valence-corrected chi connectivity index (χ2v) is 10.2. The van der Waals surface area contributed by atoms with Crippen LogP contribution in [0.2, 0.25) is 0 Å². The van der Waals surface area contributed by atoms with Crippen molar-refractivity contribution >= 4 is 51.4 Å². The van der Waals surface area contributed by atoms with Crippen molar-refractivity contribution in [2.24, 2.45) is 0 Å². The summed E-state index contributed by atoms with van der Waals surface area (Å²) in [7, 11) is 0. The van der Waals surface area contributed by atoms with Crippen LogP contribution in [0.5, 0.6) is 0 Å². The number of fused-ring (bicyclic) bond motifs is 1. The van der Waals surface area contributed by atoms with E-state index in [0.717, 1.165) is 39.9 Å². The van der Waals surface area contributed by atoms with Gasteiger partial charge in [-0.2, -0.15) is 4.98 Å². The molecule has 4 aromatic rings. The van der Waals surface area contributed by atoms with Crippen molar-refractivity contribution in [3.8, 4) is 11.1 Å². The Morgan fingerprint density at radius 3 is 2.37 bits per heavy atom. The van der Waals surface area contributed by atoms with Crippen LogP contribution in [0.1, 0.15) is 35.0 Å². The van der Waals surface area contributed by atoms with E-state index in [-0.39, 0.29) is 30.6 Å². The molecular formula is C29H29N5O3S. The fourth-order valence-electron chi connectivity index (χ4n) is 4.54. The Morgan fingerprint density at radius 1 is 0.974 bits per heavy atom. The topological polar surface area (TPSA) is 95.5 Å². The first-order valence-corrected chi connectivity index (χ1v) is 13.6. The molecule has 194 valence electrons. The normalized spacial score (nSPS) is 13.5. The molecule has 1 aliphatic heterocycles. The molecule has 5 rings (SSSR count). The number of aromatic nitrogens is 2. The number of anilines is 2. The summed E-state index contributed by atoms with van der Waals surface area (Å²) in [6.45, 7) is 4.47. The van der Waals surface area contributed by atoms with Crippen molar-refractivity contribution in [1.29, 1.82) is 0 Å². The van der Waals surface area contributed by atoms with Crippen molar-refractivity contribution in [1.82, 2.24) is 14.9 Å². The Morgan fingerprint density at radius 2 is 1.68 bits per heavy atom. The predicted octanol–water partition coefficient (Wildman–Crippen LogP) is 4.80. The molecule has 1 saturated heterocycles. The van der Waals surface area contributed by atoms with E-state index in [1.54, 1.807) is 11.3 Å². The Balaban J connectivity index is 1.30. The number of benzene rings is 2. The van der Waals surface area contributed by atoms with E-state index in [4.69, 9.17) is 0 Å². The third kappa shape index (κ3) is 5.57. The van der Waals surface area contributed by atoms with Crippen molar-refractivity contribution in [2.45, 2.75) is 26.2 Å². The summed E-state index contributed by atoms with van der Waals surface area (Å²) in [5, 5.41) is 3.69. The van der Waals surface area contributed by atoms with Crippen molar-refractivity contribution in [3.63, 3.8) is 0 Å². The smallest absolute Gasteiger partial charge is 0.253 e. The summed E-state index contributed by atoms with van der Waals surface area (Å²) in [5.41, 5.74) is 2.87. The van der Waals surface area contributed by atoms with Gasteiger partial charge >= 0.3 is 0 Å². The third-order valence-corrected chi connectivity index (χ3v) is 7.79. The lowest BCUT2D eigenvalue weighted by Gasteiger charge is -2.35. The second-order valence-electron chi connectivity index (χ2n) is 9.13. The van der Waals surface area contributed by atoms with Gasteiger partial charge in [0, 0.05) is 49.5 Å². The van der Waals surface area contributed by atoms with Crippen LogP contribution in [0.4, 0.5) is 11.8 Å². The fraction of sp³-hybridized carbons (Fsp3) is 0.276. The Labute approximate surface area is 225 Å². The van der Waals surface area contributed by atoms with Crippen LogP contribution >= 0.6 is 11.3 Å². The van der Waals surface area contributed by atoms with Gasteiger partial charge in [0.2, 0.25) is 11.9 Å². The van der Waals surface area contributed by atoms with Crippen molar-refractivity contribution in [3.05, 3.63) is 71.1 Å². The zero-order valence-corrected chi connectivity index (χ0v) is 22.0. The fourth-order valence-corrected chi connectivity index (χ4v) is 5.51. The number of thiophene rings is 1. The summed E-state index contributed by atoms with van der Waals surface area (Å²) in [6, 6.07) is 20.0. The molecule has 8 nitrogen and oxygen atoms in total. The highest BCUT2D eigenvalue weighted by Crippen LogP contribution is 2.33. The number of aldehydes is 1. The van der Waals surface area contributed by atoms with Crippen molar-refractivity contribution in [2.75, 3.05) is 36.4 Å². The average molecular weight is 528 g/mol. The first kappa shape index (κ1) is 25.5. The lowest BCUT2D eigenvalue weighted by Crippen LogP contribution is -2.49. The van der Waals surface area contributed by atoms with Gasteiger partial charge in [-0.1, -0.05) is 49.4 Å². The minimum absolute atomic E-state index is 0.0176. The molecule has 38 heavy (non-hydrogen) atoms. The molecule has 2 aromatic heterocycles. The molecular weight excluding hydrogens is 498 g/mol. The number of nitrogens with zero attached hydrogens (tertiary/aromatic N) is 4. The highest BCUT2D eigenvalue weighted by atomic mass is 32.1. The van der Waals surface area contributed by atoms with Gasteiger partial charge in [0.05, 0.1) is 5.39 Å². The predicted molar refractivity (Wildman–Crippen MR) is 151 cm³/mol. The molecule has 1 N–H and O–H groups in total. The Hall–Kier alpha value is -4.11. The van der Waals surface area contributed by atoms with Crippen LogP contribution in [-0.4, -0.2) is 59.1 Å². The van der Waals surface area contributed by atoms with E-state index in [9.17, 15) is 14.4 Å². The van der Waals surface area contributed by atoms with E-state index in [0.29, 0.717) is 31.7 Å². The molecule has 0 aliphatic carbocycles. The summed E-state index contributed by atoms with van der Waals surface area (Å²) in [6.07, 6.45) is 1.86. The molecule has 0 spiro atoms. The average Bonchev–Trinajstić information content (AvgIpc) is 3.39. The van der Waals surface area contributed by atoms with E-state index < -0.39 is 0 Å². The number of rotatable bonds is 8. The van der Waals surface area contributed by atoms with E-state index in [2.05, 4.69) is 45.3 Å². The standard InChI is InChI=1S/C29H29N5O3S/c1-2-23-19-24-26(31-29(32-27(24)38-23)30-25(36)9-6-18-35)33-14-16-34(17-15-33)28(37)22-12-10-21(11-13-22)20-7-4-3-5-8-20/h3-5,7-8,10-13,18-19H,2,6,9,14-17H2,1H3,(H,30,31,32,36). The SMILES string of the molecule is CCc1cc2c(N3CCN(C(=O)c4ccc(-c5ccccc5)cc4)CC3)nc(NC(=O)CCC=O)nc2s1. The number of hydrogen-bond donors (Lipinski definition) is 1. The highest BCUT2D eigenvalue weighted by Gasteiger charge is 2.25. The quantitative estimate of drug-likeness (QED) is 0.331. The Bertz CT molecular complexity index is 1440. The number of nitrogens with one attached hydrogen (secondary N) is 1. The third-order valence-electron chi connectivity index (χ3n) is 6.62. The zero-order valence-electron chi connectivity index (χ0n) is 21.2. The summed E-state index contributed by atoms with van der Waals surface area (Å²) in [4.78, 5) is 51.3. The molecule has 1 fully saturated rings. The van der Waals surface area contributed by atoms with E-state index >= 15 is 0 Å². The molecule has 2 aromatic carbocycles. The van der Waals surface area contributed by atoms with Gasteiger partial charge in [0.1, 0.15) is 16.9 Å². The maximum absolute atomic E-state index is 13.2. The summed E-state index contributed by atoms with van der Waals surface area (Å²) < 4.78 is 0. The highest BCUT2D eigenvalue weighted by molar-refractivity contribution is 7.18. The van der Waals surface area contributed by atoms with E-state index in [1.807, 2.05) is 47.4 Å². The molecule has 0 unspecified atom stereocenters. The lowest BCUT2D eigenvalue weighted by molar-refractivity contribution is -0.118. The first-order chi connectivity index (χ1) is 18.6. The minimum Gasteiger partial charge on any atom is -0.352 e. The second kappa shape index (κ2) is 11.5. The van der Waals surface area contributed by atoms with Crippen LogP contribution in [0.3, 0.4) is 0 Å². The molecule has 0 atom stereocenters. The molecule has 3 heterocycles. The molecule has 0 saturated carbocycles. The molecule has 1 aliphatic rings. The minimum atomic E-state index is -0.289. The van der Waals surface area contributed by atoms with Gasteiger partial charge in [-0.3, -0.25) is 14.9 Å². The van der Waals surface area contributed by atoms with Crippen LogP contribution in [0.25, 0.3) is 21.3 Å². The van der Waals surface area contributed by atoms with Crippen LogP contribution in [-0.2, 0) is 16.0 Å². The van der Waals surface area contributed by atoms with Gasteiger partial charge in [-0.25, -0.2) is 4.98 Å². The van der Waals surface area contributed by atoms with Crippen LogP contribution < -0.4 is 10.2 Å². The largest absolute Gasteiger partial charge is 0.352 e. The lowest BCUT2D eigenvalue weighted by atomic mass is 10.0. The first-order valence-electron chi connectivity index (χ1n) is 12.8. The molecule has 0 radical (unpaired) electrons. The van der Waals surface area contributed by atoms with Crippen molar-refractivity contribution < 1.29 is 14.4 Å². The van der Waals surface area contributed by atoms with Gasteiger partial charge < -0.3 is 14.6 Å². The number of amides is 2. The maximum atomic E-state index is 13.2. The zero-order chi connectivity index (χ0) is 26.5. The van der Waals surface area contributed by atoms with Gasteiger partial charge in [-0.15, -0.1) is 11.3 Å². The summed E-state index contributed by atoms with van der Waals surface area (Å²) >= 11 is 1.59. The van der Waals surface area contributed by atoms with Crippen LogP contribution in [0.15, 0.2) is 60.7 Å². The number of carbonyl (C=O) groups is 3. The molecule has 2 amide bonds. The maximum Gasteiger partial charge on any atom is 0.253 e. The number of carbonyl (C=O) groups excluding carboxylic acids is 3.